The van der Waals surface area contributed by atoms with Crippen LogP contribution in [0, 0.1) is 10.1 Å². The molecule has 0 saturated heterocycles. The van der Waals surface area contributed by atoms with E-state index in [1.165, 1.54) is 25.3 Å². The molecule has 0 spiro atoms. The zero-order valence-corrected chi connectivity index (χ0v) is 11.3. The lowest BCUT2D eigenvalue weighted by atomic mass is 10.1. The van der Waals surface area contributed by atoms with Gasteiger partial charge in [0.05, 0.1) is 17.6 Å². The smallest absolute Gasteiger partial charge is 0.338 e. The maximum atomic E-state index is 11.7. The normalized spacial score (nSPS) is 9.95. The minimum absolute atomic E-state index is 0.0378. The number of esters is 1. The number of rotatable bonds is 5. The molecular formula is C15H13NO5. The van der Waals surface area contributed by atoms with Crippen molar-refractivity contribution < 1.29 is 19.2 Å². The predicted molar refractivity (Wildman–Crippen MR) is 75.2 cm³/mol. The number of non-ortho nitro benzene ring substituents is 1. The summed E-state index contributed by atoms with van der Waals surface area (Å²) in [6.45, 7) is 0.0378. The van der Waals surface area contributed by atoms with Crippen molar-refractivity contribution in [1.82, 2.24) is 0 Å². The largest absolute Gasteiger partial charge is 0.489 e. The van der Waals surface area contributed by atoms with Crippen LogP contribution in [-0.4, -0.2) is 18.0 Å². The van der Waals surface area contributed by atoms with Crippen LogP contribution < -0.4 is 4.74 Å². The Balaban J connectivity index is 2.27. The van der Waals surface area contributed by atoms with E-state index in [2.05, 4.69) is 4.74 Å². The monoisotopic (exact) mass is 287 g/mol. The van der Waals surface area contributed by atoms with E-state index in [0.29, 0.717) is 11.3 Å². The Bertz CT molecular complexity index is 654. The number of benzene rings is 2. The van der Waals surface area contributed by atoms with Gasteiger partial charge in [-0.1, -0.05) is 18.2 Å². The van der Waals surface area contributed by atoms with Gasteiger partial charge in [0.15, 0.2) is 0 Å². The molecule has 0 aliphatic rings. The molecule has 0 heterocycles. The molecule has 2 aromatic carbocycles. The van der Waals surface area contributed by atoms with Gasteiger partial charge in [-0.2, -0.15) is 0 Å². The lowest BCUT2D eigenvalue weighted by Gasteiger charge is -2.09. The minimum Gasteiger partial charge on any atom is -0.489 e. The summed E-state index contributed by atoms with van der Waals surface area (Å²) in [5, 5.41) is 10.8. The molecule has 0 fully saturated rings. The van der Waals surface area contributed by atoms with Gasteiger partial charge in [-0.3, -0.25) is 10.1 Å². The first-order valence-electron chi connectivity index (χ1n) is 6.15. The van der Waals surface area contributed by atoms with Crippen LogP contribution >= 0.6 is 0 Å². The summed E-state index contributed by atoms with van der Waals surface area (Å²) in [4.78, 5) is 22.0. The van der Waals surface area contributed by atoms with Gasteiger partial charge in [0.25, 0.3) is 5.69 Å². The molecule has 2 aromatic rings. The number of methoxy groups -OCH3 is 1. The van der Waals surface area contributed by atoms with Crippen molar-refractivity contribution in [2.24, 2.45) is 0 Å². The van der Waals surface area contributed by atoms with Crippen molar-refractivity contribution >= 4 is 11.7 Å². The molecule has 108 valence electrons. The molecule has 0 unspecified atom stereocenters. The molecule has 0 aromatic heterocycles. The van der Waals surface area contributed by atoms with E-state index in [1.807, 2.05) is 18.2 Å². The van der Waals surface area contributed by atoms with Gasteiger partial charge in [0.1, 0.15) is 12.4 Å². The highest BCUT2D eigenvalue weighted by atomic mass is 16.6. The zero-order valence-electron chi connectivity index (χ0n) is 11.3. The summed E-state index contributed by atoms with van der Waals surface area (Å²) >= 11 is 0. The van der Waals surface area contributed by atoms with Crippen LogP contribution in [0.25, 0.3) is 0 Å². The van der Waals surface area contributed by atoms with Crippen LogP contribution in [0.2, 0.25) is 0 Å². The Morgan fingerprint density at radius 3 is 2.52 bits per heavy atom. The van der Waals surface area contributed by atoms with Crippen molar-refractivity contribution in [3.05, 3.63) is 69.8 Å². The second-order valence-corrected chi connectivity index (χ2v) is 4.19. The van der Waals surface area contributed by atoms with E-state index in [1.54, 1.807) is 12.1 Å². The van der Waals surface area contributed by atoms with Crippen LogP contribution in [0.3, 0.4) is 0 Å². The van der Waals surface area contributed by atoms with E-state index >= 15 is 0 Å². The van der Waals surface area contributed by atoms with E-state index in [0.717, 1.165) is 0 Å². The number of nitro benzene ring substituents is 1. The molecule has 0 radical (unpaired) electrons. The lowest BCUT2D eigenvalue weighted by Crippen LogP contribution is -2.08. The maximum Gasteiger partial charge on any atom is 0.338 e. The number of para-hydroxylation sites is 1. The minimum atomic E-state index is -0.559. The number of hydrogen-bond donors (Lipinski definition) is 0. The number of carbonyl (C=O) groups excluding carboxylic acids is 1. The summed E-state index contributed by atoms with van der Waals surface area (Å²) in [5.74, 6) is 0.0522. The van der Waals surface area contributed by atoms with Gasteiger partial charge < -0.3 is 9.47 Å². The van der Waals surface area contributed by atoms with Crippen LogP contribution in [-0.2, 0) is 11.3 Å². The lowest BCUT2D eigenvalue weighted by molar-refractivity contribution is -0.384. The molecule has 0 saturated carbocycles. The van der Waals surface area contributed by atoms with Crippen molar-refractivity contribution in [2.75, 3.05) is 7.11 Å². The molecule has 21 heavy (non-hydrogen) atoms. The standard InChI is InChI=1S/C15H13NO5/c1-20-15(17)14-8-7-12(16(18)19)9-11(14)10-21-13-5-3-2-4-6-13/h2-9H,10H2,1H3. The first-order chi connectivity index (χ1) is 10.1. The molecule has 6 nitrogen and oxygen atoms in total. The average Bonchev–Trinajstić information content (AvgIpc) is 2.52. The van der Waals surface area contributed by atoms with Gasteiger partial charge >= 0.3 is 5.97 Å². The first kappa shape index (κ1) is 14.5. The zero-order chi connectivity index (χ0) is 15.2. The maximum absolute atomic E-state index is 11.7. The Morgan fingerprint density at radius 2 is 1.90 bits per heavy atom. The molecule has 0 aliphatic carbocycles. The second kappa shape index (κ2) is 6.51. The Hall–Kier alpha value is -2.89. The molecule has 0 atom stereocenters. The summed E-state index contributed by atoms with van der Waals surface area (Å²) in [5.41, 5.74) is 0.549. The summed E-state index contributed by atoms with van der Waals surface area (Å²) in [7, 11) is 1.26. The van der Waals surface area contributed by atoms with Crippen LogP contribution in [0.15, 0.2) is 48.5 Å². The van der Waals surface area contributed by atoms with Crippen LogP contribution in [0.5, 0.6) is 5.75 Å². The van der Waals surface area contributed by atoms with Crippen molar-refractivity contribution in [3.63, 3.8) is 0 Å². The van der Waals surface area contributed by atoms with Gasteiger partial charge in [-0.25, -0.2) is 4.79 Å². The predicted octanol–water partition coefficient (Wildman–Crippen LogP) is 2.96. The third-order valence-electron chi connectivity index (χ3n) is 2.84. The topological polar surface area (TPSA) is 78.7 Å². The van der Waals surface area contributed by atoms with E-state index in [4.69, 9.17) is 4.74 Å². The summed E-state index contributed by atoms with van der Waals surface area (Å²) in [6, 6.07) is 12.9. The first-order valence-corrected chi connectivity index (χ1v) is 6.15. The summed E-state index contributed by atoms with van der Waals surface area (Å²) < 4.78 is 10.2. The fourth-order valence-electron chi connectivity index (χ4n) is 1.80. The number of carbonyl (C=O) groups is 1. The SMILES string of the molecule is COC(=O)c1ccc([N+](=O)[O-])cc1COc1ccccc1. The van der Waals surface area contributed by atoms with E-state index in [9.17, 15) is 14.9 Å². The van der Waals surface area contributed by atoms with Gasteiger partial charge in [-0.05, 0) is 18.2 Å². The van der Waals surface area contributed by atoms with E-state index < -0.39 is 10.9 Å². The van der Waals surface area contributed by atoms with Gasteiger partial charge in [0, 0.05) is 17.7 Å². The van der Waals surface area contributed by atoms with Crippen molar-refractivity contribution in [1.29, 1.82) is 0 Å². The molecular weight excluding hydrogens is 274 g/mol. The second-order valence-electron chi connectivity index (χ2n) is 4.19. The fraction of sp³-hybridized carbons (Fsp3) is 0.133. The van der Waals surface area contributed by atoms with E-state index in [-0.39, 0.29) is 17.9 Å². The van der Waals surface area contributed by atoms with Crippen LogP contribution in [0.1, 0.15) is 15.9 Å². The highest BCUT2D eigenvalue weighted by Crippen LogP contribution is 2.21. The molecule has 0 aliphatic heterocycles. The van der Waals surface area contributed by atoms with Gasteiger partial charge in [0.2, 0.25) is 0 Å². The molecule has 2 rings (SSSR count). The van der Waals surface area contributed by atoms with Gasteiger partial charge in [-0.15, -0.1) is 0 Å². The highest BCUT2D eigenvalue weighted by Gasteiger charge is 2.16. The number of hydrogen-bond acceptors (Lipinski definition) is 5. The Morgan fingerprint density at radius 1 is 1.19 bits per heavy atom. The quantitative estimate of drug-likeness (QED) is 0.480. The highest BCUT2D eigenvalue weighted by molar-refractivity contribution is 5.91. The molecule has 6 heteroatoms. The summed E-state index contributed by atoms with van der Waals surface area (Å²) in [6.07, 6.45) is 0. The Kier molecular flexibility index (Phi) is 4.50. The van der Waals surface area contributed by atoms with Crippen LogP contribution in [0.4, 0.5) is 5.69 Å². The third kappa shape index (κ3) is 3.56. The Labute approximate surface area is 121 Å². The van der Waals surface area contributed by atoms with Crippen molar-refractivity contribution in [3.8, 4) is 5.75 Å². The third-order valence-corrected chi connectivity index (χ3v) is 2.84. The average molecular weight is 287 g/mol. The molecule has 0 amide bonds. The molecule has 0 bridgehead atoms. The number of nitrogens with zero attached hydrogens (tertiary/aromatic N) is 1. The number of nitro groups is 1. The number of ether oxygens (including phenoxy) is 2. The fourth-order valence-corrected chi connectivity index (χ4v) is 1.80. The van der Waals surface area contributed by atoms with Crippen molar-refractivity contribution in [2.45, 2.75) is 6.61 Å². The molecule has 0 N–H and O–H groups in total.